The van der Waals surface area contributed by atoms with Gasteiger partial charge in [-0.3, -0.25) is 14.6 Å². The van der Waals surface area contributed by atoms with Crippen LogP contribution in [0.2, 0.25) is 0 Å². The van der Waals surface area contributed by atoms with Gasteiger partial charge in [-0.1, -0.05) is 29.8 Å². The molecule has 0 aliphatic carbocycles. The Labute approximate surface area is 164 Å². The number of rotatable bonds is 6. The van der Waals surface area contributed by atoms with Gasteiger partial charge in [0.15, 0.2) is 0 Å². The summed E-state index contributed by atoms with van der Waals surface area (Å²) >= 11 is 0. The van der Waals surface area contributed by atoms with Crippen molar-refractivity contribution in [1.82, 2.24) is 4.98 Å². The van der Waals surface area contributed by atoms with E-state index >= 15 is 0 Å². The Morgan fingerprint density at radius 3 is 2.29 bits per heavy atom. The van der Waals surface area contributed by atoms with Crippen molar-refractivity contribution in [3.8, 4) is 0 Å². The molecule has 3 N–H and O–H groups in total. The molecule has 2 amide bonds. The zero-order chi connectivity index (χ0) is 19.9. The lowest BCUT2D eigenvalue weighted by molar-refractivity contribution is -0.114. The molecule has 3 aromatic rings. The Hall–Kier alpha value is -3.67. The molecular formula is C22H22N4O2. The molecule has 0 spiro atoms. The SMILES string of the molecule is CC(=O)Nc1ccc(NC(=O)c2cc(NCc3cccc(C)c3)ccn2)cc1. The van der Waals surface area contributed by atoms with E-state index in [0.29, 0.717) is 23.6 Å². The van der Waals surface area contributed by atoms with Crippen LogP contribution in [0.15, 0.2) is 66.9 Å². The lowest BCUT2D eigenvalue weighted by atomic mass is 10.1. The number of hydrogen-bond donors (Lipinski definition) is 3. The highest BCUT2D eigenvalue weighted by molar-refractivity contribution is 6.03. The summed E-state index contributed by atoms with van der Waals surface area (Å²) in [6, 6.07) is 18.7. The number of carbonyl (C=O) groups excluding carboxylic acids is 2. The van der Waals surface area contributed by atoms with E-state index in [1.807, 2.05) is 12.1 Å². The molecule has 0 saturated heterocycles. The highest BCUT2D eigenvalue weighted by atomic mass is 16.2. The molecule has 0 atom stereocenters. The third-order valence-electron chi connectivity index (χ3n) is 4.03. The van der Waals surface area contributed by atoms with Crippen LogP contribution in [0.1, 0.15) is 28.5 Å². The first-order valence-corrected chi connectivity index (χ1v) is 8.94. The molecule has 0 saturated carbocycles. The number of pyridine rings is 1. The third-order valence-corrected chi connectivity index (χ3v) is 4.03. The number of amides is 2. The molecule has 6 nitrogen and oxygen atoms in total. The van der Waals surface area contributed by atoms with Gasteiger partial charge in [0.05, 0.1) is 0 Å². The van der Waals surface area contributed by atoms with Crippen LogP contribution in [0.25, 0.3) is 0 Å². The summed E-state index contributed by atoms with van der Waals surface area (Å²) in [6.07, 6.45) is 1.60. The monoisotopic (exact) mass is 374 g/mol. The van der Waals surface area contributed by atoms with Crippen molar-refractivity contribution < 1.29 is 9.59 Å². The standard InChI is InChI=1S/C22H22N4O2/c1-15-4-3-5-17(12-15)14-24-20-10-11-23-21(13-20)22(28)26-19-8-6-18(7-9-19)25-16(2)27/h3-13H,14H2,1-2H3,(H,23,24)(H,25,27)(H,26,28). The fourth-order valence-corrected chi connectivity index (χ4v) is 2.73. The van der Waals surface area contributed by atoms with Gasteiger partial charge in [0.2, 0.25) is 5.91 Å². The van der Waals surface area contributed by atoms with Crippen LogP contribution < -0.4 is 16.0 Å². The van der Waals surface area contributed by atoms with Crippen LogP contribution in [0.3, 0.4) is 0 Å². The Morgan fingerprint density at radius 1 is 0.893 bits per heavy atom. The van der Waals surface area contributed by atoms with Crippen molar-refractivity contribution in [2.45, 2.75) is 20.4 Å². The second-order valence-corrected chi connectivity index (χ2v) is 6.49. The maximum atomic E-state index is 12.5. The molecule has 0 bridgehead atoms. The number of aromatic nitrogens is 1. The highest BCUT2D eigenvalue weighted by Gasteiger charge is 2.09. The van der Waals surface area contributed by atoms with Gasteiger partial charge in [-0.25, -0.2) is 0 Å². The van der Waals surface area contributed by atoms with Crippen molar-refractivity contribution >= 4 is 28.9 Å². The summed E-state index contributed by atoms with van der Waals surface area (Å²) in [5, 5.41) is 8.80. The zero-order valence-electron chi connectivity index (χ0n) is 15.8. The van der Waals surface area contributed by atoms with Crippen molar-refractivity contribution in [3.63, 3.8) is 0 Å². The maximum absolute atomic E-state index is 12.5. The van der Waals surface area contributed by atoms with E-state index in [1.165, 1.54) is 18.1 Å². The van der Waals surface area contributed by atoms with Gasteiger partial charge in [0.1, 0.15) is 5.69 Å². The lowest BCUT2D eigenvalue weighted by Gasteiger charge is -2.10. The number of benzene rings is 2. The number of nitrogens with zero attached hydrogens (tertiary/aromatic N) is 1. The molecule has 0 fully saturated rings. The smallest absolute Gasteiger partial charge is 0.274 e. The number of nitrogens with one attached hydrogen (secondary N) is 3. The summed E-state index contributed by atoms with van der Waals surface area (Å²) in [5.41, 5.74) is 4.81. The minimum atomic E-state index is -0.300. The molecule has 3 rings (SSSR count). The van der Waals surface area contributed by atoms with Crippen molar-refractivity contribution in [2.75, 3.05) is 16.0 Å². The van der Waals surface area contributed by atoms with E-state index in [0.717, 1.165) is 5.69 Å². The van der Waals surface area contributed by atoms with Crippen LogP contribution in [-0.2, 0) is 11.3 Å². The van der Waals surface area contributed by atoms with Gasteiger partial charge in [-0.2, -0.15) is 0 Å². The first-order chi connectivity index (χ1) is 13.5. The number of carbonyl (C=O) groups is 2. The lowest BCUT2D eigenvalue weighted by Crippen LogP contribution is -2.14. The number of hydrogen-bond acceptors (Lipinski definition) is 4. The van der Waals surface area contributed by atoms with Crippen LogP contribution in [-0.4, -0.2) is 16.8 Å². The topological polar surface area (TPSA) is 83.1 Å². The largest absolute Gasteiger partial charge is 0.381 e. The molecule has 1 aromatic heterocycles. The molecule has 0 radical (unpaired) electrons. The minimum absolute atomic E-state index is 0.143. The average Bonchev–Trinajstić information content (AvgIpc) is 2.68. The average molecular weight is 374 g/mol. The summed E-state index contributed by atoms with van der Waals surface area (Å²) in [4.78, 5) is 27.7. The summed E-state index contributed by atoms with van der Waals surface area (Å²) in [6.45, 7) is 4.17. The van der Waals surface area contributed by atoms with E-state index in [1.54, 1.807) is 36.5 Å². The predicted molar refractivity (Wildman–Crippen MR) is 111 cm³/mol. The van der Waals surface area contributed by atoms with Gasteiger partial charge in [0, 0.05) is 36.7 Å². The van der Waals surface area contributed by atoms with Gasteiger partial charge in [-0.15, -0.1) is 0 Å². The Kier molecular flexibility index (Phi) is 6.01. The predicted octanol–water partition coefficient (Wildman–Crippen LogP) is 4.21. The second kappa shape index (κ2) is 8.81. The van der Waals surface area contributed by atoms with E-state index in [4.69, 9.17) is 0 Å². The summed E-state index contributed by atoms with van der Waals surface area (Å²) in [7, 11) is 0. The summed E-state index contributed by atoms with van der Waals surface area (Å²) in [5.74, 6) is -0.442. The maximum Gasteiger partial charge on any atom is 0.274 e. The van der Waals surface area contributed by atoms with Gasteiger partial charge >= 0.3 is 0 Å². The van der Waals surface area contributed by atoms with E-state index in [-0.39, 0.29) is 11.8 Å². The van der Waals surface area contributed by atoms with Gasteiger partial charge in [0.25, 0.3) is 5.91 Å². The molecule has 0 aliphatic rings. The fourth-order valence-electron chi connectivity index (χ4n) is 2.73. The summed E-state index contributed by atoms with van der Waals surface area (Å²) < 4.78 is 0. The van der Waals surface area contributed by atoms with Crippen molar-refractivity contribution in [3.05, 3.63) is 83.7 Å². The number of aryl methyl sites for hydroxylation is 1. The Bertz CT molecular complexity index is 984. The van der Waals surface area contributed by atoms with E-state index in [2.05, 4.69) is 46.1 Å². The third kappa shape index (κ3) is 5.41. The van der Waals surface area contributed by atoms with Crippen LogP contribution in [0, 0.1) is 6.92 Å². The number of anilines is 3. The first-order valence-electron chi connectivity index (χ1n) is 8.94. The van der Waals surface area contributed by atoms with Crippen molar-refractivity contribution in [1.29, 1.82) is 0 Å². The van der Waals surface area contributed by atoms with Crippen LogP contribution in [0.4, 0.5) is 17.1 Å². The second-order valence-electron chi connectivity index (χ2n) is 6.49. The first kappa shape index (κ1) is 19.1. The highest BCUT2D eigenvalue weighted by Crippen LogP contribution is 2.16. The molecule has 28 heavy (non-hydrogen) atoms. The quantitative estimate of drug-likeness (QED) is 0.603. The Morgan fingerprint density at radius 2 is 1.61 bits per heavy atom. The minimum Gasteiger partial charge on any atom is -0.381 e. The van der Waals surface area contributed by atoms with Crippen molar-refractivity contribution in [2.24, 2.45) is 0 Å². The molecule has 0 aliphatic heterocycles. The fraction of sp³-hybridized carbons (Fsp3) is 0.136. The molecule has 1 heterocycles. The Balaban J connectivity index is 1.62. The van der Waals surface area contributed by atoms with Gasteiger partial charge < -0.3 is 16.0 Å². The molecule has 2 aromatic carbocycles. The molecule has 142 valence electrons. The normalized spacial score (nSPS) is 10.2. The molecule has 6 heteroatoms. The molecular weight excluding hydrogens is 352 g/mol. The van der Waals surface area contributed by atoms with Crippen LogP contribution in [0.5, 0.6) is 0 Å². The van der Waals surface area contributed by atoms with Gasteiger partial charge in [-0.05, 0) is 48.9 Å². The molecule has 0 unspecified atom stereocenters. The zero-order valence-corrected chi connectivity index (χ0v) is 15.8. The van der Waals surface area contributed by atoms with Crippen LogP contribution >= 0.6 is 0 Å². The van der Waals surface area contributed by atoms with E-state index < -0.39 is 0 Å². The van der Waals surface area contributed by atoms with E-state index in [9.17, 15) is 9.59 Å².